The lowest BCUT2D eigenvalue weighted by molar-refractivity contribution is -0.139. The summed E-state index contributed by atoms with van der Waals surface area (Å²) in [6.07, 6.45) is 4.93. The average Bonchev–Trinajstić information content (AvgIpc) is 3.30. The number of halogens is 3. The van der Waals surface area contributed by atoms with Gasteiger partial charge >= 0.3 is 0 Å². The summed E-state index contributed by atoms with van der Waals surface area (Å²) < 4.78 is 27.0. The standard InChI is InChI=1S/C24H28BrCl2N3O4S/c1-16(24(32)28-18-6-3-4-7-18)29(14-20-21(26)8-5-9-22(20)27)23(31)15-30(35(2,33)34)19-12-10-17(25)11-13-19/h5,8-13,16,18H,3-4,6-7,14-15H2,1-2H3,(H,28,32)/t16-/m0/s1. The predicted molar refractivity (Wildman–Crippen MR) is 143 cm³/mol. The Morgan fingerprint density at radius 2 is 1.66 bits per heavy atom. The van der Waals surface area contributed by atoms with Gasteiger partial charge in [-0.2, -0.15) is 0 Å². The highest BCUT2D eigenvalue weighted by atomic mass is 79.9. The van der Waals surface area contributed by atoms with Crippen LogP contribution in [0.4, 0.5) is 5.69 Å². The predicted octanol–water partition coefficient (Wildman–Crippen LogP) is 5.00. The molecule has 0 aliphatic heterocycles. The van der Waals surface area contributed by atoms with E-state index >= 15 is 0 Å². The Balaban J connectivity index is 1.91. The Labute approximate surface area is 224 Å². The first-order chi connectivity index (χ1) is 16.5. The first-order valence-corrected chi connectivity index (χ1v) is 14.6. The molecular formula is C24H28BrCl2N3O4S. The number of carbonyl (C=O) groups excluding carboxylic acids is 2. The minimum atomic E-state index is -3.80. The van der Waals surface area contributed by atoms with Crippen LogP contribution >= 0.6 is 39.1 Å². The number of benzene rings is 2. The molecule has 35 heavy (non-hydrogen) atoms. The van der Waals surface area contributed by atoms with Crippen molar-refractivity contribution in [1.29, 1.82) is 0 Å². The highest BCUT2D eigenvalue weighted by Gasteiger charge is 2.32. The van der Waals surface area contributed by atoms with Crippen LogP contribution in [0.1, 0.15) is 38.2 Å². The second kappa shape index (κ2) is 12.0. The second-order valence-electron chi connectivity index (χ2n) is 8.63. The molecule has 1 fully saturated rings. The fourth-order valence-electron chi connectivity index (χ4n) is 4.05. The summed E-state index contributed by atoms with van der Waals surface area (Å²) in [6.45, 7) is 1.09. The van der Waals surface area contributed by atoms with Crippen LogP contribution in [-0.2, 0) is 26.2 Å². The van der Waals surface area contributed by atoms with Crippen molar-refractivity contribution >= 4 is 66.7 Å². The lowest BCUT2D eigenvalue weighted by Crippen LogP contribution is -2.52. The molecule has 1 saturated carbocycles. The molecule has 0 radical (unpaired) electrons. The quantitative estimate of drug-likeness (QED) is 0.436. The molecule has 0 spiro atoms. The number of rotatable bonds is 9. The van der Waals surface area contributed by atoms with Gasteiger partial charge in [0, 0.05) is 32.7 Å². The number of nitrogens with zero attached hydrogens (tertiary/aromatic N) is 2. The maximum Gasteiger partial charge on any atom is 0.244 e. The van der Waals surface area contributed by atoms with Crippen molar-refractivity contribution in [2.75, 3.05) is 17.1 Å². The minimum absolute atomic E-state index is 0.0471. The van der Waals surface area contributed by atoms with Gasteiger partial charge in [0.05, 0.1) is 11.9 Å². The van der Waals surface area contributed by atoms with Gasteiger partial charge in [-0.15, -0.1) is 0 Å². The Hall–Kier alpha value is -1.81. The van der Waals surface area contributed by atoms with E-state index < -0.39 is 28.5 Å². The Bertz CT molecular complexity index is 1150. The van der Waals surface area contributed by atoms with Gasteiger partial charge in [-0.05, 0) is 56.2 Å². The van der Waals surface area contributed by atoms with Crippen LogP contribution in [-0.4, -0.2) is 50.0 Å². The van der Waals surface area contributed by atoms with Crippen molar-refractivity contribution in [3.63, 3.8) is 0 Å². The average molecular weight is 605 g/mol. The molecule has 0 heterocycles. The van der Waals surface area contributed by atoms with Crippen molar-refractivity contribution in [2.24, 2.45) is 0 Å². The number of anilines is 1. The summed E-state index contributed by atoms with van der Waals surface area (Å²) in [5.74, 6) is -0.855. The van der Waals surface area contributed by atoms with Gasteiger partial charge in [0.1, 0.15) is 12.6 Å². The van der Waals surface area contributed by atoms with Crippen molar-refractivity contribution in [3.8, 4) is 0 Å². The van der Waals surface area contributed by atoms with Crippen molar-refractivity contribution < 1.29 is 18.0 Å². The lowest BCUT2D eigenvalue weighted by atomic mass is 10.1. The number of hydrogen-bond acceptors (Lipinski definition) is 4. The fourth-order valence-corrected chi connectivity index (χ4v) is 5.68. The molecule has 1 atom stereocenters. The lowest BCUT2D eigenvalue weighted by Gasteiger charge is -2.32. The molecule has 0 unspecified atom stereocenters. The van der Waals surface area contributed by atoms with Gasteiger partial charge in [-0.25, -0.2) is 8.42 Å². The topological polar surface area (TPSA) is 86.8 Å². The third-order valence-corrected chi connectivity index (χ3v) is 8.43. The Morgan fingerprint density at radius 3 is 2.20 bits per heavy atom. The van der Waals surface area contributed by atoms with E-state index in [0.717, 1.165) is 40.7 Å². The van der Waals surface area contributed by atoms with E-state index in [0.29, 0.717) is 21.3 Å². The molecule has 1 aliphatic rings. The Morgan fingerprint density at radius 1 is 1.09 bits per heavy atom. The molecule has 0 aromatic heterocycles. The molecule has 11 heteroatoms. The summed E-state index contributed by atoms with van der Waals surface area (Å²) in [7, 11) is -3.80. The number of nitrogens with one attached hydrogen (secondary N) is 1. The van der Waals surface area contributed by atoms with Crippen LogP contribution in [0, 0.1) is 0 Å². The SMILES string of the molecule is C[C@@H](C(=O)NC1CCCC1)N(Cc1c(Cl)cccc1Cl)C(=O)CN(c1ccc(Br)cc1)S(C)(=O)=O. The van der Waals surface area contributed by atoms with E-state index in [4.69, 9.17) is 23.2 Å². The van der Waals surface area contributed by atoms with Gasteiger partial charge in [-0.1, -0.05) is 58.0 Å². The monoisotopic (exact) mass is 603 g/mol. The third kappa shape index (κ3) is 7.35. The number of sulfonamides is 1. The minimum Gasteiger partial charge on any atom is -0.352 e. The molecule has 2 aromatic rings. The normalized spacial score (nSPS) is 15.0. The van der Waals surface area contributed by atoms with Crippen LogP contribution in [0.2, 0.25) is 10.0 Å². The number of amides is 2. The maximum absolute atomic E-state index is 13.6. The molecule has 190 valence electrons. The van der Waals surface area contributed by atoms with E-state index in [1.165, 1.54) is 4.90 Å². The van der Waals surface area contributed by atoms with Crippen LogP contribution < -0.4 is 9.62 Å². The van der Waals surface area contributed by atoms with Gasteiger partial charge in [-0.3, -0.25) is 13.9 Å². The van der Waals surface area contributed by atoms with Crippen LogP contribution in [0.3, 0.4) is 0 Å². The smallest absolute Gasteiger partial charge is 0.244 e. The molecule has 7 nitrogen and oxygen atoms in total. The molecule has 1 aliphatic carbocycles. The van der Waals surface area contributed by atoms with E-state index in [1.54, 1.807) is 49.4 Å². The van der Waals surface area contributed by atoms with E-state index in [2.05, 4.69) is 21.2 Å². The van der Waals surface area contributed by atoms with Gasteiger partial charge in [0.15, 0.2) is 0 Å². The highest BCUT2D eigenvalue weighted by molar-refractivity contribution is 9.10. The molecule has 3 rings (SSSR count). The summed E-state index contributed by atoms with van der Waals surface area (Å²) in [5, 5.41) is 3.72. The maximum atomic E-state index is 13.6. The van der Waals surface area contributed by atoms with Crippen molar-refractivity contribution in [3.05, 3.63) is 62.5 Å². The van der Waals surface area contributed by atoms with Gasteiger partial charge in [0.2, 0.25) is 21.8 Å². The van der Waals surface area contributed by atoms with Gasteiger partial charge < -0.3 is 10.2 Å². The van der Waals surface area contributed by atoms with Crippen LogP contribution in [0.25, 0.3) is 0 Å². The molecule has 0 saturated heterocycles. The van der Waals surface area contributed by atoms with Crippen LogP contribution in [0.15, 0.2) is 46.9 Å². The Kier molecular flexibility index (Phi) is 9.48. The van der Waals surface area contributed by atoms with Crippen molar-refractivity contribution in [2.45, 2.75) is 51.2 Å². The molecule has 1 N–H and O–H groups in total. The molecule has 2 amide bonds. The first-order valence-electron chi connectivity index (χ1n) is 11.2. The van der Waals surface area contributed by atoms with Crippen molar-refractivity contribution in [1.82, 2.24) is 10.2 Å². The third-order valence-electron chi connectivity index (χ3n) is 6.05. The summed E-state index contributed by atoms with van der Waals surface area (Å²) in [6, 6.07) is 10.8. The zero-order valence-electron chi connectivity index (χ0n) is 19.5. The zero-order chi connectivity index (χ0) is 25.8. The van der Waals surface area contributed by atoms with E-state index in [-0.39, 0.29) is 18.5 Å². The van der Waals surface area contributed by atoms with E-state index in [9.17, 15) is 18.0 Å². The fraction of sp³-hybridized carbons (Fsp3) is 0.417. The highest BCUT2D eigenvalue weighted by Crippen LogP contribution is 2.28. The molecule has 0 bridgehead atoms. The number of carbonyl (C=O) groups is 2. The zero-order valence-corrected chi connectivity index (χ0v) is 23.4. The summed E-state index contributed by atoms with van der Waals surface area (Å²) in [4.78, 5) is 28.0. The molecular weight excluding hydrogens is 577 g/mol. The van der Waals surface area contributed by atoms with Crippen LogP contribution in [0.5, 0.6) is 0 Å². The number of hydrogen-bond donors (Lipinski definition) is 1. The van der Waals surface area contributed by atoms with E-state index in [1.807, 2.05) is 0 Å². The second-order valence-corrected chi connectivity index (χ2v) is 12.3. The summed E-state index contributed by atoms with van der Waals surface area (Å²) in [5.41, 5.74) is 0.821. The molecule has 2 aromatic carbocycles. The largest absolute Gasteiger partial charge is 0.352 e. The van der Waals surface area contributed by atoms with Gasteiger partial charge in [0.25, 0.3) is 0 Å². The summed E-state index contributed by atoms with van der Waals surface area (Å²) >= 11 is 16.0. The first kappa shape index (κ1) is 27.8.